The van der Waals surface area contributed by atoms with Gasteiger partial charge in [-0.2, -0.15) is 11.8 Å². The zero-order valence-corrected chi connectivity index (χ0v) is 12.7. The SMILES string of the molecule is COc1ccc(NC(N)=NCC2CCCS2)cc1OC. The predicted octanol–water partition coefficient (Wildman–Crippen LogP) is 2.33. The minimum atomic E-state index is 0.435. The molecule has 1 aromatic rings. The molecule has 3 N–H and O–H groups in total. The Balaban J connectivity index is 1.96. The number of hydrogen-bond acceptors (Lipinski definition) is 4. The summed E-state index contributed by atoms with van der Waals surface area (Å²) in [6.45, 7) is 0.775. The first kappa shape index (κ1) is 14.8. The van der Waals surface area contributed by atoms with Gasteiger partial charge in [0.2, 0.25) is 0 Å². The summed E-state index contributed by atoms with van der Waals surface area (Å²) in [5.41, 5.74) is 6.74. The summed E-state index contributed by atoms with van der Waals surface area (Å²) in [6.07, 6.45) is 2.52. The van der Waals surface area contributed by atoms with E-state index in [2.05, 4.69) is 10.3 Å². The van der Waals surface area contributed by atoms with Crippen molar-refractivity contribution in [1.82, 2.24) is 0 Å². The van der Waals surface area contributed by atoms with Crippen LogP contribution in [0.3, 0.4) is 0 Å². The second kappa shape index (κ2) is 7.28. The van der Waals surface area contributed by atoms with E-state index in [1.165, 1.54) is 18.6 Å². The van der Waals surface area contributed by atoms with Gasteiger partial charge >= 0.3 is 0 Å². The van der Waals surface area contributed by atoms with Crippen LogP contribution in [0.1, 0.15) is 12.8 Å². The normalized spacial score (nSPS) is 18.9. The molecule has 0 spiro atoms. The summed E-state index contributed by atoms with van der Waals surface area (Å²) in [7, 11) is 3.22. The van der Waals surface area contributed by atoms with E-state index in [1.807, 2.05) is 30.0 Å². The summed E-state index contributed by atoms with van der Waals surface area (Å²) >= 11 is 1.97. The highest BCUT2D eigenvalue weighted by molar-refractivity contribution is 8.00. The molecule has 1 aliphatic heterocycles. The van der Waals surface area contributed by atoms with Gasteiger partial charge < -0.3 is 20.5 Å². The monoisotopic (exact) mass is 295 g/mol. The summed E-state index contributed by atoms with van der Waals surface area (Å²) in [5, 5.41) is 3.69. The van der Waals surface area contributed by atoms with Crippen molar-refractivity contribution < 1.29 is 9.47 Å². The Hall–Kier alpha value is -1.56. The number of hydrogen-bond donors (Lipinski definition) is 2. The van der Waals surface area contributed by atoms with Crippen LogP contribution in [-0.4, -0.2) is 37.7 Å². The molecular weight excluding hydrogens is 274 g/mol. The van der Waals surface area contributed by atoms with Gasteiger partial charge in [-0.15, -0.1) is 0 Å². The van der Waals surface area contributed by atoms with Gasteiger partial charge in [0.1, 0.15) is 0 Å². The molecule has 5 nitrogen and oxygen atoms in total. The number of aliphatic imine (C=N–C) groups is 1. The molecule has 1 atom stereocenters. The van der Waals surface area contributed by atoms with Gasteiger partial charge in [-0.3, -0.25) is 4.99 Å². The summed E-state index contributed by atoms with van der Waals surface area (Å²) < 4.78 is 10.4. The fourth-order valence-corrected chi connectivity index (χ4v) is 3.27. The Bertz CT molecular complexity index is 473. The number of guanidine groups is 1. The van der Waals surface area contributed by atoms with E-state index in [9.17, 15) is 0 Å². The lowest BCUT2D eigenvalue weighted by Crippen LogP contribution is -2.24. The highest BCUT2D eigenvalue weighted by Gasteiger charge is 2.14. The molecule has 0 radical (unpaired) electrons. The molecule has 1 saturated heterocycles. The van der Waals surface area contributed by atoms with Crippen LogP contribution in [0.2, 0.25) is 0 Å². The zero-order chi connectivity index (χ0) is 14.4. The number of nitrogens with one attached hydrogen (secondary N) is 1. The van der Waals surface area contributed by atoms with E-state index in [0.717, 1.165) is 12.2 Å². The van der Waals surface area contributed by atoms with Crippen LogP contribution in [-0.2, 0) is 0 Å². The standard InChI is InChI=1S/C14H21N3O2S/c1-18-12-6-5-10(8-13(12)19-2)17-14(15)16-9-11-4-3-7-20-11/h5-6,8,11H,3-4,7,9H2,1-2H3,(H3,15,16,17). The Morgan fingerprint density at radius 2 is 2.20 bits per heavy atom. The van der Waals surface area contributed by atoms with Gasteiger partial charge in [0.25, 0.3) is 0 Å². The Labute approximate surface area is 123 Å². The third kappa shape index (κ3) is 3.96. The maximum absolute atomic E-state index is 5.90. The smallest absolute Gasteiger partial charge is 0.193 e. The molecule has 0 bridgehead atoms. The lowest BCUT2D eigenvalue weighted by atomic mass is 10.2. The van der Waals surface area contributed by atoms with Crippen LogP contribution in [0.15, 0.2) is 23.2 Å². The van der Waals surface area contributed by atoms with Crippen molar-refractivity contribution in [3.63, 3.8) is 0 Å². The third-order valence-electron chi connectivity index (χ3n) is 3.15. The summed E-state index contributed by atoms with van der Waals surface area (Å²) in [5.74, 6) is 3.03. The highest BCUT2D eigenvalue weighted by Crippen LogP contribution is 2.29. The maximum Gasteiger partial charge on any atom is 0.193 e. The Kier molecular flexibility index (Phi) is 5.40. The van der Waals surface area contributed by atoms with E-state index in [1.54, 1.807) is 14.2 Å². The summed E-state index contributed by atoms with van der Waals surface area (Å²) in [4.78, 5) is 4.39. The molecule has 0 aliphatic carbocycles. The molecule has 2 rings (SSSR count). The minimum Gasteiger partial charge on any atom is -0.493 e. The van der Waals surface area contributed by atoms with Gasteiger partial charge in [-0.25, -0.2) is 0 Å². The summed E-state index contributed by atoms with van der Waals surface area (Å²) in [6, 6.07) is 5.56. The van der Waals surface area contributed by atoms with Crippen molar-refractivity contribution >= 4 is 23.4 Å². The number of benzene rings is 1. The molecule has 6 heteroatoms. The van der Waals surface area contributed by atoms with E-state index in [0.29, 0.717) is 22.7 Å². The molecular formula is C14H21N3O2S. The van der Waals surface area contributed by atoms with Gasteiger partial charge in [0.15, 0.2) is 17.5 Å². The first-order valence-corrected chi connectivity index (χ1v) is 7.68. The lowest BCUT2D eigenvalue weighted by molar-refractivity contribution is 0.355. The van der Waals surface area contributed by atoms with Crippen LogP contribution in [0, 0.1) is 0 Å². The van der Waals surface area contributed by atoms with Crippen LogP contribution in [0.5, 0.6) is 11.5 Å². The number of nitrogens with zero attached hydrogens (tertiary/aromatic N) is 1. The molecule has 1 unspecified atom stereocenters. The average molecular weight is 295 g/mol. The molecule has 0 aromatic heterocycles. The minimum absolute atomic E-state index is 0.435. The number of nitrogens with two attached hydrogens (primary N) is 1. The molecule has 1 fully saturated rings. The van der Waals surface area contributed by atoms with Crippen molar-refractivity contribution in [1.29, 1.82) is 0 Å². The van der Waals surface area contributed by atoms with Gasteiger partial charge in [0, 0.05) is 17.0 Å². The zero-order valence-electron chi connectivity index (χ0n) is 11.9. The van der Waals surface area contributed by atoms with Crippen molar-refractivity contribution in [3.8, 4) is 11.5 Å². The van der Waals surface area contributed by atoms with Crippen LogP contribution in [0.25, 0.3) is 0 Å². The largest absolute Gasteiger partial charge is 0.493 e. The fourth-order valence-electron chi connectivity index (χ4n) is 2.09. The Morgan fingerprint density at radius 1 is 1.40 bits per heavy atom. The van der Waals surface area contributed by atoms with Gasteiger partial charge in [-0.1, -0.05) is 0 Å². The predicted molar refractivity (Wildman–Crippen MR) is 85.1 cm³/mol. The maximum atomic E-state index is 5.90. The molecule has 1 aromatic carbocycles. The number of thioether (sulfide) groups is 1. The quantitative estimate of drug-likeness (QED) is 0.644. The second-order valence-corrected chi connectivity index (χ2v) is 5.96. The van der Waals surface area contributed by atoms with Crippen molar-refractivity contribution in [2.24, 2.45) is 10.7 Å². The first-order valence-electron chi connectivity index (χ1n) is 6.63. The number of anilines is 1. The molecule has 0 saturated carbocycles. The highest BCUT2D eigenvalue weighted by atomic mass is 32.2. The average Bonchev–Trinajstić information content (AvgIpc) is 2.98. The van der Waals surface area contributed by atoms with Gasteiger partial charge in [-0.05, 0) is 30.7 Å². The molecule has 1 aliphatic rings. The number of ether oxygens (including phenoxy) is 2. The lowest BCUT2D eigenvalue weighted by Gasteiger charge is -2.11. The number of methoxy groups -OCH3 is 2. The second-order valence-electron chi connectivity index (χ2n) is 4.56. The molecule has 1 heterocycles. The molecule has 20 heavy (non-hydrogen) atoms. The van der Waals surface area contributed by atoms with Crippen molar-refractivity contribution in [2.75, 3.05) is 31.8 Å². The molecule has 0 amide bonds. The fraction of sp³-hybridized carbons (Fsp3) is 0.500. The van der Waals surface area contributed by atoms with E-state index in [-0.39, 0.29) is 0 Å². The Morgan fingerprint density at radius 3 is 2.85 bits per heavy atom. The first-order chi connectivity index (χ1) is 9.72. The van der Waals surface area contributed by atoms with Gasteiger partial charge in [0.05, 0.1) is 20.8 Å². The van der Waals surface area contributed by atoms with Crippen molar-refractivity contribution in [2.45, 2.75) is 18.1 Å². The van der Waals surface area contributed by atoms with Crippen molar-refractivity contribution in [3.05, 3.63) is 18.2 Å². The molecule has 110 valence electrons. The van der Waals surface area contributed by atoms with E-state index in [4.69, 9.17) is 15.2 Å². The van der Waals surface area contributed by atoms with Crippen LogP contribution < -0.4 is 20.5 Å². The van der Waals surface area contributed by atoms with Crippen LogP contribution in [0.4, 0.5) is 5.69 Å². The third-order valence-corrected chi connectivity index (χ3v) is 4.53. The van der Waals surface area contributed by atoms with E-state index < -0.39 is 0 Å². The number of rotatable bonds is 5. The van der Waals surface area contributed by atoms with Crippen LogP contribution >= 0.6 is 11.8 Å². The topological polar surface area (TPSA) is 68.9 Å². The van der Waals surface area contributed by atoms with E-state index >= 15 is 0 Å².